The van der Waals surface area contributed by atoms with Crippen LogP contribution in [0.25, 0.3) is 0 Å². The highest BCUT2D eigenvalue weighted by Gasteiger charge is 2.38. The zero-order valence-corrected chi connectivity index (χ0v) is 7.78. The molecule has 2 N–H and O–H groups in total. The molecule has 0 aliphatic heterocycles. The zero-order chi connectivity index (χ0) is 6.97. The van der Waals surface area contributed by atoms with Gasteiger partial charge in [0.05, 0.1) is 0 Å². The van der Waals surface area contributed by atoms with Crippen molar-refractivity contribution in [2.24, 2.45) is 23.5 Å². The van der Waals surface area contributed by atoms with Crippen LogP contribution in [0.5, 0.6) is 0 Å². The molecular weight excluding hydrogens is 158 g/mol. The summed E-state index contributed by atoms with van der Waals surface area (Å²) in [6.07, 6.45) is 7.36. The summed E-state index contributed by atoms with van der Waals surface area (Å²) < 4.78 is 0. The van der Waals surface area contributed by atoms with Crippen molar-refractivity contribution >= 4 is 12.4 Å². The van der Waals surface area contributed by atoms with Gasteiger partial charge in [-0.3, -0.25) is 0 Å². The molecular formula is C9H18ClN. The van der Waals surface area contributed by atoms with E-state index < -0.39 is 0 Å². The Morgan fingerprint density at radius 3 is 2.45 bits per heavy atom. The maximum absolute atomic E-state index is 5.54. The van der Waals surface area contributed by atoms with Crippen molar-refractivity contribution in [3.8, 4) is 0 Å². The summed E-state index contributed by atoms with van der Waals surface area (Å²) in [7, 11) is 0. The number of nitrogens with two attached hydrogens (primary N) is 1. The van der Waals surface area contributed by atoms with Crippen LogP contribution in [0.15, 0.2) is 0 Å². The van der Waals surface area contributed by atoms with Crippen molar-refractivity contribution in [1.29, 1.82) is 0 Å². The first-order chi connectivity index (χ1) is 4.90. The molecule has 0 aromatic rings. The first-order valence-corrected chi connectivity index (χ1v) is 4.60. The molecule has 11 heavy (non-hydrogen) atoms. The Morgan fingerprint density at radius 2 is 2.00 bits per heavy atom. The lowest BCUT2D eigenvalue weighted by Crippen LogP contribution is -2.14. The minimum Gasteiger partial charge on any atom is -0.330 e. The first kappa shape index (κ1) is 9.34. The Balaban J connectivity index is 0.000000605. The van der Waals surface area contributed by atoms with Crippen LogP contribution in [0, 0.1) is 17.8 Å². The fraction of sp³-hybridized carbons (Fsp3) is 1.00. The van der Waals surface area contributed by atoms with Gasteiger partial charge < -0.3 is 5.73 Å². The lowest BCUT2D eigenvalue weighted by molar-refractivity contribution is 0.318. The predicted molar refractivity (Wildman–Crippen MR) is 49.9 cm³/mol. The fourth-order valence-corrected chi connectivity index (χ4v) is 2.94. The Hall–Kier alpha value is 0.250. The lowest BCUT2D eigenvalue weighted by Gasteiger charge is -2.20. The van der Waals surface area contributed by atoms with Gasteiger partial charge in [0.2, 0.25) is 0 Å². The number of halogens is 1. The van der Waals surface area contributed by atoms with Gasteiger partial charge in [-0.25, -0.2) is 0 Å². The van der Waals surface area contributed by atoms with Crippen LogP contribution >= 0.6 is 12.4 Å². The third-order valence-corrected chi connectivity index (χ3v) is 3.42. The van der Waals surface area contributed by atoms with Gasteiger partial charge in [0.1, 0.15) is 0 Å². The van der Waals surface area contributed by atoms with E-state index in [1.807, 2.05) is 0 Å². The molecule has 0 radical (unpaired) electrons. The van der Waals surface area contributed by atoms with Crippen LogP contribution in [0.3, 0.4) is 0 Å². The van der Waals surface area contributed by atoms with Crippen molar-refractivity contribution < 1.29 is 0 Å². The van der Waals surface area contributed by atoms with Crippen LogP contribution in [-0.4, -0.2) is 6.54 Å². The van der Waals surface area contributed by atoms with Gasteiger partial charge in [-0.2, -0.15) is 0 Å². The van der Waals surface area contributed by atoms with E-state index in [-0.39, 0.29) is 12.4 Å². The number of hydrogen-bond acceptors (Lipinski definition) is 1. The summed E-state index contributed by atoms with van der Waals surface area (Å²) in [5.41, 5.74) is 5.54. The minimum atomic E-state index is 0. The quantitative estimate of drug-likeness (QED) is 0.684. The first-order valence-electron chi connectivity index (χ1n) is 4.60. The van der Waals surface area contributed by atoms with E-state index >= 15 is 0 Å². The zero-order valence-electron chi connectivity index (χ0n) is 6.96. The Labute approximate surface area is 75.1 Å². The summed E-state index contributed by atoms with van der Waals surface area (Å²) in [5.74, 6) is 3.19. The number of rotatable bonds is 2. The second kappa shape index (κ2) is 3.77. The van der Waals surface area contributed by atoms with E-state index in [2.05, 4.69) is 0 Å². The SMILES string of the molecule is Cl.NCC[C@@H]1C[C@@H]2CC[C@H]1C2. The van der Waals surface area contributed by atoms with Gasteiger partial charge in [-0.05, 0) is 50.0 Å². The van der Waals surface area contributed by atoms with Gasteiger partial charge in [0.15, 0.2) is 0 Å². The van der Waals surface area contributed by atoms with Crippen molar-refractivity contribution in [3.63, 3.8) is 0 Å². The molecule has 0 heterocycles. The van der Waals surface area contributed by atoms with Gasteiger partial charge in [0.25, 0.3) is 0 Å². The largest absolute Gasteiger partial charge is 0.330 e. The van der Waals surface area contributed by atoms with Crippen molar-refractivity contribution in [1.82, 2.24) is 0 Å². The topological polar surface area (TPSA) is 26.0 Å². The molecule has 2 aliphatic rings. The van der Waals surface area contributed by atoms with Crippen LogP contribution < -0.4 is 5.73 Å². The molecule has 0 amide bonds. The standard InChI is InChI=1S/C9H17N.ClH/c10-4-3-9-6-7-1-2-8(9)5-7;/h7-9H,1-6,10H2;1H/t7-,8+,9-;/m1./s1. The maximum Gasteiger partial charge on any atom is -0.00745 e. The Morgan fingerprint density at radius 1 is 1.18 bits per heavy atom. The highest BCUT2D eigenvalue weighted by molar-refractivity contribution is 5.85. The molecule has 2 bridgehead atoms. The summed E-state index contributed by atoms with van der Waals surface area (Å²) in [6.45, 7) is 0.911. The average Bonchev–Trinajstić information content (AvgIpc) is 2.48. The summed E-state index contributed by atoms with van der Waals surface area (Å²) >= 11 is 0. The molecule has 2 fully saturated rings. The molecule has 0 spiro atoms. The molecule has 2 rings (SSSR count). The normalized spacial score (nSPS) is 40.6. The highest BCUT2D eigenvalue weighted by atomic mass is 35.5. The summed E-state index contributed by atoms with van der Waals surface area (Å²) in [6, 6.07) is 0. The summed E-state index contributed by atoms with van der Waals surface area (Å²) in [4.78, 5) is 0. The monoisotopic (exact) mass is 175 g/mol. The second-order valence-corrected chi connectivity index (χ2v) is 4.01. The predicted octanol–water partition coefficient (Wildman–Crippen LogP) is 2.19. The highest BCUT2D eigenvalue weighted by Crippen LogP contribution is 2.49. The van der Waals surface area contributed by atoms with Gasteiger partial charge >= 0.3 is 0 Å². The van der Waals surface area contributed by atoms with E-state index in [1.165, 1.54) is 32.1 Å². The lowest BCUT2D eigenvalue weighted by atomic mass is 9.86. The number of fused-ring (bicyclic) bond motifs is 2. The molecule has 2 heteroatoms. The smallest absolute Gasteiger partial charge is 0.00745 e. The summed E-state index contributed by atoms with van der Waals surface area (Å²) in [5, 5.41) is 0. The molecule has 0 aromatic heterocycles. The van der Waals surface area contributed by atoms with Crippen molar-refractivity contribution in [2.45, 2.75) is 32.1 Å². The molecule has 1 nitrogen and oxygen atoms in total. The average molecular weight is 176 g/mol. The fourth-order valence-electron chi connectivity index (χ4n) is 2.94. The van der Waals surface area contributed by atoms with Gasteiger partial charge in [0, 0.05) is 0 Å². The molecule has 0 unspecified atom stereocenters. The maximum atomic E-state index is 5.54. The molecule has 2 aliphatic carbocycles. The van der Waals surface area contributed by atoms with Gasteiger partial charge in [-0.1, -0.05) is 6.42 Å². The van der Waals surface area contributed by atoms with Crippen LogP contribution in [0.1, 0.15) is 32.1 Å². The van der Waals surface area contributed by atoms with Crippen LogP contribution in [-0.2, 0) is 0 Å². The Kier molecular flexibility index (Phi) is 3.20. The van der Waals surface area contributed by atoms with Crippen molar-refractivity contribution in [2.75, 3.05) is 6.54 Å². The van der Waals surface area contributed by atoms with Crippen LogP contribution in [0.4, 0.5) is 0 Å². The third kappa shape index (κ3) is 1.70. The molecule has 2 saturated carbocycles. The van der Waals surface area contributed by atoms with Gasteiger partial charge in [-0.15, -0.1) is 12.4 Å². The van der Waals surface area contributed by atoms with E-state index in [9.17, 15) is 0 Å². The van der Waals surface area contributed by atoms with E-state index in [0.29, 0.717) is 0 Å². The number of hydrogen-bond donors (Lipinski definition) is 1. The third-order valence-electron chi connectivity index (χ3n) is 3.42. The Bertz CT molecular complexity index is 127. The van der Waals surface area contributed by atoms with E-state index in [4.69, 9.17) is 5.73 Å². The van der Waals surface area contributed by atoms with E-state index in [1.54, 1.807) is 0 Å². The van der Waals surface area contributed by atoms with E-state index in [0.717, 1.165) is 24.3 Å². The van der Waals surface area contributed by atoms with Crippen molar-refractivity contribution in [3.05, 3.63) is 0 Å². The molecule has 0 aromatic carbocycles. The molecule has 3 atom stereocenters. The molecule has 0 saturated heterocycles. The van der Waals surface area contributed by atoms with Crippen LogP contribution in [0.2, 0.25) is 0 Å². The molecule has 66 valence electrons. The minimum absolute atomic E-state index is 0. The second-order valence-electron chi connectivity index (χ2n) is 4.01.